The molecule has 1 aliphatic rings. The van der Waals surface area contributed by atoms with Gasteiger partial charge in [0, 0.05) is 30.8 Å². The Kier molecular flexibility index (Phi) is 6.96. The van der Waals surface area contributed by atoms with Crippen LogP contribution in [0.2, 0.25) is 0 Å². The number of ether oxygens (including phenoxy) is 2. The van der Waals surface area contributed by atoms with E-state index < -0.39 is 0 Å². The van der Waals surface area contributed by atoms with Crippen molar-refractivity contribution >= 4 is 6.21 Å². The molecule has 0 spiro atoms. The molecule has 1 heterocycles. The first-order valence-corrected chi connectivity index (χ1v) is 10.5. The predicted octanol–water partition coefficient (Wildman–Crippen LogP) is 4.81. The van der Waals surface area contributed by atoms with Gasteiger partial charge in [0.1, 0.15) is 0 Å². The van der Waals surface area contributed by atoms with Crippen molar-refractivity contribution < 1.29 is 9.47 Å². The molecule has 3 rings (SSSR count). The van der Waals surface area contributed by atoms with E-state index in [0.717, 1.165) is 36.6 Å². The van der Waals surface area contributed by atoms with Gasteiger partial charge in [-0.1, -0.05) is 37.3 Å². The highest BCUT2D eigenvalue weighted by atomic mass is 16.5. The highest BCUT2D eigenvalue weighted by Gasteiger charge is 2.43. The Balaban J connectivity index is 1.77. The predicted molar refractivity (Wildman–Crippen MR) is 121 cm³/mol. The minimum atomic E-state index is 0.169. The van der Waals surface area contributed by atoms with Crippen LogP contribution in [0.25, 0.3) is 0 Å². The monoisotopic (exact) mass is 394 g/mol. The van der Waals surface area contributed by atoms with Crippen LogP contribution in [0.3, 0.4) is 0 Å². The lowest BCUT2D eigenvalue weighted by molar-refractivity contribution is 0.0705. The largest absolute Gasteiger partial charge is 0.493 e. The third kappa shape index (κ3) is 4.64. The molecule has 0 saturated carbocycles. The first-order chi connectivity index (χ1) is 14.0. The van der Waals surface area contributed by atoms with E-state index in [0.29, 0.717) is 12.0 Å². The first kappa shape index (κ1) is 21.4. The minimum Gasteiger partial charge on any atom is -0.493 e. The zero-order valence-corrected chi connectivity index (χ0v) is 18.4. The van der Waals surface area contributed by atoms with Crippen molar-refractivity contribution in [1.29, 1.82) is 0 Å². The van der Waals surface area contributed by atoms with Crippen molar-refractivity contribution in [3.8, 4) is 11.5 Å². The molecular formula is C25H34N2O2. The van der Waals surface area contributed by atoms with Gasteiger partial charge in [-0.15, -0.1) is 0 Å². The van der Waals surface area contributed by atoms with Crippen LogP contribution in [-0.4, -0.2) is 51.5 Å². The SMILES string of the molecule is COc1ccc(C=NCC[C@]2(c3ccccc3)C[C@@H](C)N(C)C[C@H]2C)cc1OC. The zero-order chi connectivity index (χ0) is 20.9. The summed E-state index contributed by atoms with van der Waals surface area (Å²) in [7, 11) is 5.55. The summed E-state index contributed by atoms with van der Waals surface area (Å²) in [6, 6.07) is 17.5. The quantitative estimate of drug-likeness (QED) is 0.632. The summed E-state index contributed by atoms with van der Waals surface area (Å²) in [5, 5.41) is 0. The number of rotatable bonds is 7. The van der Waals surface area contributed by atoms with Crippen molar-refractivity contribution in [2.75, 3.05) is 34.4 Å². The lowest BCUT2D eigenvalue weighted by atomic mass is 9.63. The molecule has 1 aliphatic heterocycles. The summed E-state index contributed by atoms with van der Waals surface area (Å²) < 4.78 is 10.7. The van der Waals surface area contributed by atoms with Crippen LogP contribution in [0.4, 0.5) is 0 Å². The Morgan fingerprint density at radius 2 is 1.79 bits per heavy atom. The Morgan fingerprint density at radius 1 is 1.07 bits per heavy atom. The molecule has 2 aromatic carbocycles. The average molecular weight is 395 g/mol. The number of benzene rings is 2. The van der Waals surface area contributed by atoms with E-state index in [1.54, 1.807) is 14.2 Å². The van der Waals surface area contributed by atoms with Crippen LogP contribution in [-0.2, 0) is 5.41 Å². The molecule has 2 aromatic rings. The smallest absolute Gasteiger partial charge is 0.161 e. The molecule has 0 aromatic heterocycles. The molecule has 0 amide bonds. The van der Waals surface area contributed by atoms with Gasteiger partial charge >= 0.3 is 0 Å². The van der Waals surface area contributed by atoms with Gasteiger partial charge in [0.25, 0.3) is 0 Å². The van der Waals surface area contributed by atoms with E-state index in [1.165, 1.54) is 12.0 Å². The van der Waals surface area contributed by atoms with Gasteiger partial charge in [-0.25, -0.2) is 0 Å². The second-order valence-electron chi connectivity index (χ2n) is 8.32. The van der Waals surface area contributed by atoms with E-state index >= 15 is 0 Å². The lowest BCUT2D eigenvalue weighted by Gasteiger charge is -2.49. The Bertz CT molecular complexity index is 821. The van der Waals surface area contributed by atoms with Crippen LogP contribution in [0.1, 0.15) is 37.8 Å². The van der Waals surface area contributed by atoms with E-state index in [9.17, 15) is 0 Å². The van der Waals surface area contributed by atoms with Crippen molar-refractivity contribution in [2.45, 2.75) is 38.1 Å². The maximum atomic E-state index is 5.40. The molecule has 0 unspecified atom stereocenters. The van der Waals surface area contributed by atoms with Crippen LogP contribution in [0.5, 0.6) is 11.5 Å². The van der Waals surface area contributed by atoms with E-state index in [-0.39, 0.29) is 5.41 Å². The molecule has 1 saturated heterocycles. The van der Waals surface area contributed by atoms with E-state index in [1.807, 2.05) is 24.4 Å². The fourth-order valence-corrected chi connectivity index (χ4v) is 4.70. The van der Waals surface area contributed by atoms with Crippen molar-refractivity contribution in [3.05, 3.63) is 59.7 Å². The van der Waals surface area contributed by atoms with Crippen LogP contribution in [0.15, 0.2) is 53.5 Å². The second-order valence-corrected chi connectivity index (χ2v) is 8.32. The highest BCUT2D eigenvalue weighted by molar-refractivity contribution is 5.80. The molecule has 0 radical (unpaired) electrons. The third-order valence-electron chi connectivity index (χ3n) is 6.60. The summed E-state index contributed by atoms with van der Waals surface area (Å²) in [6.45, 7) is 6.67. The molecule has 4 heteroatoms. The Labute approximate surface area is 175 Å². The van der Waals surface area contributed by atoms with Crippen molar-refractivity contribution in [3.63, 3.8) is 0 Å². The van der Waals surface area contributed by atoms with E-state index in [4.69, 9.17) is 14.5 Å². The highest BCUT2D eigenvalue weighted by Crippen LogP contribution is 2.44. The van der Waals surface area contributed by atoms with Crippen molar-refractivity contribution in [1.82, 2.24) is 4.90 Å². The fourth-order valence-electron chi connectivity index (χ4n) is 4.70. The molecule has 3 atom stereocenters. The van der Waals surface area contributed by atoms with Gasteiger partial charge in [-0.3, -0.25) is 4.99 Å². The molecule has 29 heavy (non-hydrogen) atoms. The van der Waals surface area contributed by atoms with Gasteiger partial charge in [0.15, 0.2) is 11.5 Å². The summed E-state index contributed by atoms with van der Waals surface area (Å²) in [5.74, 6) is 2.05. The molecule has 0 bridgehead atoms. The number of aliphatic imine (C=N–C) groups is 1. The third-order valence-corrected chi connectivity index (χ3v) is 6.60. The van der Waals surface area contributed by atoms with Gasteiger partial charge in [0.05, 0.1) is 14.2 Å². The number of methoxy groups -OCH3 is 2. The standard InChI is InChI=1S/C25H34N2O2/c1-19-18-27(3)20(2)16-25(19,22-9-7-6-8-10-22)13-14-26-17-21-11-12-23(28-4)24(15-21)29-5/h6-12,15,17,19-20H,13-14,16,18H2,1-5H3/t19-,20-,25+/m1/s1. The number of nitrogens with zero attached hydrogens (tertiary/aromatic N) is 2. The number of likely N-dealkylation sites (tertiary alicyclic amines) is 1. The number of piperidine rings is 1. The van der Waals surface area contributed by atoms with Gasteiger partial charge in [-0.2, -0.15) is 0 Å². The van der Waals surface area contributed by atoms with Gasteiger partial charge < -0.3 is 14.4 Å². The Hall–Kier alpha value is -2.33. The fraction of sp³-hybridized carbons (Fsp3) is 0.480. The first-order valence-electron chi connectivity index (χ1n) is 10.5. The average Bonchev–Trinajstić information content (AvgIpc) is 2.75. The maximum Gasteiger partial charge on any atom is 0.161 e. The van der Waals surface area contributed by atoms with Crippen molar-refractivity contribution in [2.24, 2.45) is 10.9 Å². The molecule has 1 fully saturated rings. The maximum absolute atomic E-state index is 5.40. The normalized spacial score (nSPS) is 25.3. The second kappa shape index (κ2) is 9.45. The summed E-state index contributed by atoms with van der Waals surface area (Å²) in [4.78, 5) is 7.27. The molecule has 4 nitrogen and oxygen atoms in total. The molecule has 0 aliphatic carbocycles. The van der Waals surface area contributed by atoms with Gasteiger partial charge in [-0.05, 0) is 62.1 Å². The topological polar surface area (TPSA) is 34.1 Å². The summed E-state index contributed by atoms with van der Waals surface area (Å²) >= 11 is 0. The van der Waals surface area contributed by atoms with Crippen LogP contribution in [0, 0.1) is 5.92 Å². The number of hydrogen-bond acceptors (Lipinski definition) is 4. The lowest BCUT2D eigenvalue weighted by Crippen LogP contribution is -2.51. The van der Waals surface area contributed by atoms with E-state index in [2.05, 4.69) is 56.1 Å². The molecule has 156 valence electrons. The van der Waals surface area contributed by atoms with Crippen LogP contribution >= 0.6 is 0 Å². The minimum absolute atomic E-state index is 0.169. The molecule has 0 N–H and O–H groups in total. The number of hydrogen-bond donors (Lipinski definition) is 0. The van der Waals surface area contributed by atoms with Gasteiger partial charge in [0.2, 0.25) is 0 Å². The Morgan fingerprint density at radius 3 is 2.48 bits per heavy atom. The summed E-state index contributed by atoms with van der Waals surface area (Å²) in [5.41, 5.74) is 2.65. The van der Waals surface area contributed by atoms with Crippen LogP contribution < -0.4 is 9.47 Å². The summed E-state index contributed by atoms with van der Waals surface area (Å²) in [6.07, 6.45) is 4.17. The zero-order valence-electron chi connectivity index (χ0n) is 18.4. The molecular weight excluding hydrogens is 360 g/mol.